The van der Waals surface area contributed by atoms with Crippen molar-refractivity contribution >= 4 is 5.97 Å². The van der Waals surface area contributed by atoms with Crippen molar-refractivity contribution in [3.05, 3.63) is 30.0 Å². The number of aromatic carboxylic acids is 1. The molecule has 7 nitrogen and oxygen atoms in total. The van der Waals surface area contributed by atoms with Crippen molar-refractivity contribution in [2.24, 2.45) is 0 Å². The molecule has 0 saturated carbocycles. The number of hydrogen-bond acceptors (Lipinski definition) is 6. The third kappa shape index (κ3) is 3.29. The molecule has 2 heterocycles. The highest BCUT2D eigenvalue weighted by molar-refractivity contribution is 5.86. The molecule has 1 aromatic heterocycles. The van der Waals surface area contributed by atoms with E-state index in [0.717, 1.165) is 19.4 Å². The Hall–Kier alpha value is -2.54. The lowest BCUT2D eigenvalue weighted by molar-refractivity contribution is 0.00647. The molecule has 122 valence electrons. The molecule has 1 atom stereocenters. The Bertz CT molecular complexity index is 690. The SMILES string of the molecule is COc1c(OC2CCCOC2)cccc1-c1cc(C(=O)O)on1. The van der Waals surface area contributed by atoms with Gasteiger partial charge in [0.2, 0.25) is 5.76 Å². The Labute approximate surface area is 132 Å². The number of carboxylic acids is 1. The van der Waals surface area contributed by atoms with Gasteiger partial charge in [0.05, 0.1) is 13.7 Å². The molecule has 1 N–H and O–H groups in total. The van der Waals surface area contributed by atoms with Gasteiger partial charge in [-0.2, -0.15) is 0 Å². The van der Waals surface area contributed by atoms with Gasteiger partial charge in [-0.15, -0.1) is 0 Å². The molecule has 1 saturated heterocycles. The molecule has 0 radical (unpaired) electrons. The standard InChI is InChI=1S/C16H17NO6/c1-20-15-11(12-8-14(16(18)19)23-17-12)5-2-6-13(15)22-10-4-3-7-21-9-10/h2,5-6,8,10H,3-4,7,9H2,1H3,(H,18,19). The summed E-state index contributed by atoms with van der Waals surface area (Å²) < 4.78 is 21.6. The van der Waals surface area contributed by atoms with E-state index in [0.29, 0.717) is 29.4 Å². The van der Waals surface area contributed by atoms with Gasteiger partial charge in [0.1, 0.15) is 11.8 Å². The van der Waals surface area contributed by atoms with Crippen molar-refractivity contribution in [1.82, 2.24) is 5.16 Å². The van der Waals surface area contributed by atoms with Crippen LogP contribution in [0.4, 0.5) is 0 Å². The molecule has 23 heavy (non-hydrogen) atoms. The second kappa shape index (κ2) is 6.70. The molecule has 1 aliphatic rings. The summed E-state index contributed by atoms with van der Waals surface area (Å²) >= 11 is 0. The number of benzene rings is 1. The number of aromatic nitrogens is 1. The molecule has 1 fully saturated rings. The highest BCUT2D eigenvalue weighted by Gasteiger charge is 2.21. The minimum Gasteiger partial charge on any atom is -0.492 e. The van der Waals surface area contributed by atoms with Gasteiger partial charge >= 0.3 is 5.97 Å². The molecule has 2 aromatic rings. The topological polar surface area (TPSA) is 91.0 Å². The fourth-order valence-corrected chi connectivity index (χ4v) is 2.51. The average molecular weight is 319 g/mol. The number of carboxylic acid groups (broad SMARTS) is 1. The number of hydrogen-bond donors (Lipinski definition) is 1. The van der Waals surface area contributed by atoms with E-state index in [1.54, 1.807) is 18.2 Å². The van der Waals surface area contributed by atoms with Crippen LogP contribution < -0.4 is 9.47 Å². The smallest absolute Gasteiger partial charge is 0.374 e. The average Bonchev–Trinajstić information content (AvgIpc) is 3.06. The van der Waals surface area contributed by atoms with Gasteiger partial charge in [-0.1, -0.05) is 11.2 Å². The summed E-state index contributed by atoms with van der Waals surface area (Å²) in [6, 6.07) is 6.72. The molecular formula is C16H17NO6. The number of carbonyl (C=O) groups is 1. The lowest BCUT2D eigenvalue weighted by Crippen LogP contribution is -2.28. The number of ether oxygens (including phenoxy) is 3. The summed E-state index contributed by atoms with van der Waals surface area (Å²) in [5.41, 5.74) is 0.988. The third-order valence-corrected chi connectivity index (χ3v) is 3.59. The first-order chi connectivity index (χ1) is 11.2. The molecular weight excluding hydrogens is 302 g/mol. The van der Waals surface area contributed by atoms with Gasteiger partial charge in [0.15, 0.2) is 11.5 Å². The zero-order chi connectivity index (χ0) is 16.2. The molecule has 0 spiro atoms. The molecule has 1 aliphatic heterocycles. The fraction of sp³-hybridized carbons (Fsp3) is 0.375. The first kappa shape index (κ1) is 15.4. The summed E-state index contributed by atoms with van der Waals surface area (Å²) in [5, 5.41) is 12.7. The number of para-hydroxylation sites is 1. The first-order valence-corrected chi connectivity index (χ1v) is 7.31. The Balaban J connectivity index is 1.90. The number of nitrogens with zero attached hydrogens (tertiary/aromatic N) is 1. The van der Waals surface area contributed by atoms with Gasteiger partial charge in [0.25, 0.3) is 0 Å². The van der Waals surface area contributed by atoms with Crippen LogP contribution in [0, 0.1) is 0 Å². The van der Waals surface area contributed by atoms with Crippen LogP contribution in [0.5, 0.6) is 11.5 Å². The van der Waals surface area contributed by atoms with Gasteiger partial charge in [0, 0.05) is 18.2 Å². The van der Waals surface area contributed by atoms with Crippen LogP contribution in [0.2, 0.25) is 0 Å². The van der Waals surface area contributed by atoms with Crippen LogP contribution in [0.1, 0.15) is 23.4 Å². The second-order valence-corrected chi connectivity index (χ2v) is 5.18. The third-order valence-electron chi connectivity index (χ3n) is 3.59. The predicted octanol–water partition coefficient (Wildman–Crippen LogP) is 2.61. The maximum Gasteiger partial charge on any atom is 0.374 e. The van der Waals surface area contributed by atoms with E-state index in [9.17, 15) is 4.79 Å². The summed E-state index contributed by atoms with van der Waals surface area (Å²) in [4.78, 5) is 10.9. The monoisotopic (exact) mass is 319 g/mol. The van der Waals surface area contributed by atoms with Gasteiger partial charge in [-0.25, -0.2) is 4.79 Å². The van der Waals surface area contributed by atoms with E-state index in [1.807, 2.05) is 0 Å². The lowest BCUT2D eigenvalue weighted by Gasteiger charge is -2.24. The van der Waals surface area contributed by atoms with Crippen LogP contribution in [0.25, 0.3) is 11.3 Å². The van der Waals surface area contributed by atoms with Gasteiger partial charge < -0.3 is 23.8 Å². The fourth-order valence-electron chi connectivity index (χ4n) is 2.51. The molecule has 0 aliphatic carbocycles. The van der Waals surface area contributed by atoms with Crippen LogP contribution >= 0.6 is 0 Å². The number of methoxy groups -OCH3 is 1. The first-order valence-electron chi connectivity index (χ1n) is 7.31. The highest BCUT2D eigenvalue weighted by Crippen LogP contribution is 2.38. The van der Waals surface area contributed by atoms with E-state index >= 15 is 0 Å². The molecule has 1 unspecified atom stereocenters. The minimum absolute atomic E-state index is 0.0280. The van der Waals surface area contributed by atoms with Crippen molar-refractivity contribution in [1.29, 1.82) is 0 Å². The summed E-state index contributed by atoms with van der Waals surface area (Å²) in [6.07, 6.45) is 1.85. The van der Waals surface area contributed by atoms with E-state index < -0.39 is 5.97 Å². The van der Waals surface area contributed by atoms with Crippen LogP contribution in [-0.4, -0.2) is 42.7 Å². The van der Waals surface area contributed by atoms with Crippen LogP contribution in [0.15, 0.2) is 28.8 Å². The molecule has 3 rings (SSSR count). The maximum atomic E-state index is 10.9. The summed E-state index contributed by atoms with van der Waals surface area (Å²) in [6.45, 7) is 1.30. The zero-order valence-electron chi connectivity index (χ0n) is 12.7. The van der Waals surface area contributed by atoms with Crippen molar-refractivity contribution in [2.75, 3.05) is 20.3 Å². The Morgan fingerprint density at radius 3 is 2.96 bits per heavy atom. The van der Waals surface area contributed by atoms with Crippen LogP contribution in [0.3, 0.4) is 0 Å². The molecule has 1 aromatic carbocycles. The van der Waals surface area contributed by atoms with Crippen LogP contribution in [-0.2, 0) is 4.74 Å². The molecule has 0 bridgehead atoms. The zero-order valence-corrected chi connectivity index (χ0v) is 12.7. The van der Waals surface area contributed by atoms with Gasteiger partial charge in [-0.3, -0.25) is 0 Å². The summed E-state index contributed by atoms with van der Waals surface area (Å²) in [5.74, 6) is -0.341. The number of rotatable bonds is 5. The van der Waals surface area contributed by atoms with E-state index in [4.69, 9.17) is 23.8 Å². The Kier molecular flexibility index (Phi) is 4.47. The largest absolute Gasteiger partial charge is 0.492 e. The van der Waals surface area contributed by atoms with Crippen molar-refractivity contribution < 1.29 is 28.6 Å². The van der Waals surface area contributed by atoms with E-state index in [-0.39, 0.29) is 11.9 Å². The molecule has 0 amide bonds. The maximum absolute atomic E-state index is 10.9. The normalized spacial score (nSPS) is 17.7. The van der Waals surface area contributed by atoms with E-state index in [1.165, 1.54) is 13.2 Å². The Morgan fingerprint density at radius 1 is 1.43 bits per heavy atom. The molecule has 7 heteroatoms. The second-order valence-electron chi connectivity index (χ2n) is 5.18. The highest BCUT2D eigenvalue weighted by atomic mass is 16.5. The van der Waals surface area contributed by atoms with Crippen molar-refractivity contribution in [3.8, 4) is 22.8 Å². The summed E-state index contributed by atoms with van der Waals surface area (Å²) in [7, 11) is 1.53. The quantitative estimate of drug-likeness (QED) is 0.905. The van der Waals surface area contributed by atoms with Crippen molar-refractivity contribution in [2.45, 2.75) is 18.9 Å². The Morgan fingerprint density at radius 2 is 2.30 bits per heavy atom. The lowest BCUT2D eigenvalue weighted by atomic mass is 10.1. The van der Waals surface area contributed by atoms with E-state index in [2.05, 4.69) is 5.16 Å². The predicted molar refractivity (Wildman–Crippen MR) is 79.9 cm³/mol. The van der Waals surface area contributed by atoms with Crippen molar-refractivity contribution in [3.63, 3.8) is 0 Å². The minimum atomic E-state index is -1.17. The van der Waals surface area contributed by atoms with Gasteiger partial charge in [-0.05, 0) is 25.0 Å².